The summed E-state index contributed by atoms with van der Waals surface area (Å²) in [5, 5.41) is 34.8. The Balaban J connectivity index is 3.00. The highest BCUT2D eigenvalue weighted by molar-refractivity contribution is 5.95. The van der Waals surface area contributed by atoms with Crippen molar-refractivity contribution in [2.45, 2.75) is 70.1 Å². The molecule has 0 aromatic heterocycles. The minimum Gasteiger partial charge on any atom is -0.508 e. The van der Waals surface area contributed by atoms with Crippen molar-refractivity contribution in [1.82, 2.24) is 16.0 Å². The Bertz CT molecular complexity index is 1020. The molecule has 14 heteroatoms. The van der Waals surface area contributed by atoms with Gasteiger partial charge in [-0.25, -0.2) is 4.79 Å². The van der Waals surface area contributed by atoms with Crippen molar-refractivity contribution in [3.8, 4) is 5.75 Å². The second kappa shape index (κ2) is 15.1. The fourth-order valence-electron chi connectivity index (χ4n) is 3.40. The van der Waals surface area contributed by atoms with Crippen molar-refractivity contribution in [3.63, 3.8) is 0 Å². The van der Waals surface area contributed by atoms with E-state index in [0.29, 0.717) is 12.0 Å². The second-order valence-corrected chi connectivity index (χ2v) is 8.91. The fraction of sp³-hybridized carbons (Fsp3) is 0.500. The van der Waals surface area contributed by atoms with Crippen molar-refractivity contribution < 1.29 is 44.1 Å². The fourth-order valence-corrected chi connectivity index (χ4v) is 3.40. The van der Waals surface area contributed by atoms with E-state index in [1.165, 1.54) is 12.1 Å². The molecule has 0 radical (unpaired) electrons. The lowest BCUT2D eigenvalue weighted by Gasteiger charge is -2.27. The number of amides is 4. The van der Waals surface area contributed by atoms with Crippen LogP contribution in [0.2, 0.25) is 0 Å². The summed E-state index contributed by atoms with van der Waals surface area (Å²) < 4.78 is 0. The van der Waals surface area contributed by atoms with E-state index in [-0.39, 0.29) is 25.0 Å². The van der Waals surface area contributed by atoms with Crippen LogP contribution in [0.4, 0.5) is 0 Å². The summed E-state index contributed by atoms with van der Waals surface area (Å²) in [5.41, 5.74) is 11.7. The molecule has 0 spiro atoms. The smallest absolute Gasteiger partial charge is 0.326 e. The van der Waals surface area contributed by atoms with Gasteiger partial charge in [0.2, 0.25) is 23.6 Å². The van der Waals surface area contributed by atoms with E-state index in [2.05, 4.69) is 16.0 Å². The molecule has 0 aliphatic rings. The predicted octanol–water partition coefficient (Wildman–Crippen LogP) is -1.41. The quantitative estimate of drug-likeness (QED) is 0.122. The molecule has 38 heavy (non-hydrogen) atoms. The number of aromatic hydroxyl groups is 1. The number of carboxylic acid groups (broad SMARTS) is 2. The molecule has 0 heterocycles. The number of carboxylic acids is 2. The van der Waals surface area contributed by atoms with Gasteiger partial charge in [-0.3, -0.25) is 24.0 Å². The molecule has 0 aliphatic carbocycles. The first-order valence-corrected chi connectivity index (χ1v) is 11.9. The average Bonchev–Trinajstić information content (AvgIpc) is 2.84. The number of rotatable bonds is 16. The van der Waals surface area contributed by atoms with Gasteiger partial charge in [-0.15, -0.1) is 0 Å². The average molecular weight is 538 g/mol. The SMILES string of the molecule is CCC(C)C(NC(=O)C(N)Cc1ccc(O)cc1)C(=O)NC(CC(=O)O)C(=O)NC(CCC(N)=O)C(=O)O. The summed E-state index contributed by atoms with van der Waals surface area (Å²) in [6.07, 6.45) is -1.03. The minimum atomic E-state index is -1.68. The van der Waals surface area contributed by atoms with Crippen LogP contribution >= 0.6 is 0 Å². The molecule has 0 fully saturated rings. The number of phenolic OH excluding ortho intramolecular Hbond substituents is 1. The molecule has 0 aliphatic heterocycles. The summed E-state index contributed by atoms with van der Waals surface area (Å²) in [4.78, 5) is 72.3. The third-order valence-corrected chi connectivity index (χ3v) is 5.83. The van der Waals surface area contributed by atoms with Gasteiger partial charge in [0.1, 0.15) is 23.9 Å². The molecule has 5 unspecified atom stereocenters. The number of primary amides is 1. The van der Waals surface area contributed by atoms with Crippen LogP contribution in [0.25, 0.3) is 0 Å². The summed E-state index contributed by atoms with van der Waals surface area (Å²) >= 11 is 0. The number of carbonyl (C=O) groups excluding carboxylic acids is 4. The van der Waals surface area contributed by atoms with Crippen LogP contribution in [0.15, 0.2) is 24.3 Å². The van der Waals surface area contributed by atoms with Crippen molar-refractivity contribution in [2.24, 2.45) is 17.4 Å². The van der Waals surface area contributed by atoms with E-state index in [9.17, 15) is 44.1 Å². The minimum absolute atomic E-state index is 0.0442. The highest BCUT2D eigenvalue weighted by Crippen LogP contribution is 2.13. The Hall–Kier alpha value is -4.20. The van der Waals surface area contributed by atoms with Crippen molar-refractivity contribution in [3.05, 3.63) is 29.8 Å². The maximum atomic E-state index is 13.1. The lowest BCUT2D eigenvalue weighted by Crippen LogP contribution is -2.59. The first kappa shape index (κ1) is 31.8. The molecular weight excluding hydrogens is 502 g/mol. The van der Waals surface area contributed by atoms with Crippen LogP contribution in [-0.4, -0.2) is 75.1 Å². The van der Waals surface area contributed by atoms with Gasteiger partial charge < -0.3 is 42.7 Å². The lowest BCUT2D eigenvalue weighted by atomic mass is 9.96. The van der Waals surface area contributed by atoms with Crippen LogP contribution in [-0.2, 0) is 35.2 Å². The number of aliphatic carboxylic acids is 2. The Morgan fingerprint density at radius 1 is 0.895 bits per heavy atom. The Labute approximate surface area is 219 Å². The highest BCUT2D eigenvalue weighted by atomic mass is 16.4. The van der Waals surface area contributed by atoms with Crippen LogP contribution < -0.4 is 27.4 Å². The number of hydrogen-bond acceptors (Lipinski definition) is 8. The molecule has 0 saturated heterocycles. The molecule has 1 aromatic rings. The summed E-state index contributed by atoms with van der Waals surface area (Å²) in [6.45, 7) is 3.41. The normalized spacial score (nSPS) is 14.7. The highest BCUT2D eigenvalue weighted by Gasteiger charge is 2.33. The first-order chi connectivity index (χ1) is 17.7. The standard InChI is InChI=1S/C24H35N5O9/c1-3-12(2)20(29-21(34)15(25)10-13-4-6-14(30)7-5-13)23(36)28-17(11-19(32)33)22(35)27-16(24(37)38)8-9-18(26)31/h4-7,12,15-17,20,30H,3,8-11,25H2,1-2H3,(H2,26,31)(H,27,35)(H,28,36)(H,29,34)(H,32,33)(H,37,38). The van der Waals surface area contributed by atoms with Gasteiger partial charge in [0.25, 0.3) is 0 Å². The van der Waals surface area contributed by atoms with Crippen molar-refractivity contribution in [2.75, 3.05) is 0 Å². The van der Waals surface area contributed by atoms with Gasteiger partial charge in [0.05, 0.1) is 12.5 Å². The van der Waals surface area contributed by atoms with Gasteiger partial charge in [-0.1, -0.05) is 32.4 Å². The third-order valence-electron chi connectivity index (χ3n) is 5.83. The monoisotopic (exact) mass is 537 g/mol. The molecule has 1 aromatic carbocycles. The maximum Gasteiger partial charge on any atom is 0.326 e. The van der Waals surface area contributed by atoms with Crippen LogP contribution in [0.3, 0.4) is 0 Å². The summed E-state index contributed by atoms with van der Waals surface area (Å²) in [7, 11) is 0. The maximum absolute atomic E-state index is 13.1. The van der Waals surface area contributed by atoms with E-state index in [0.717, 1.165) is 0 Å². The molecule has 1 rings (SSSR count). The Kier molecular flexibility index (Phi) is 12.7. The van der Waals surface area contributed by atoms with Crippen molar-refractivity contribution in [1.29, 1.82) is 0 Å². The number of carbonyl (C=O) groups is 6. The largest absolute Gasteiger partial charge is 0.508 e. The molecule has 0 bridgehead atoms. The zero-order chi connectivity index (χ0) is 29.0. The van der Waals surface area contributed by atoms with Gasteiger partial charge >= 0.3 is 11.9 Å². The van der Waals surface area contributed by atoms with E-state index < -0.39 is 72.1 Å². The second-order valence-electron chi connectivity index (χ2n) is 8.91. The zero-order valence-electron chi connectivity index (χ0n) is 21.2. The number of hydrogen-bond donors (Lipinski definition) is 8. The Morgan fingerprint density at radius 2 is 1.47 bits per heavy atom. The molecule has 14 nitrogen and oxygen atoms in total. The van der Waals surface area contributed by atoms with E-state index in [1.807, 2.05) is 0 Å². The number of nitrogens with one attached hydrogen (secondary N) is 3. The lowest BCUT2D eigenvalue weighted by molar-refractivity contribution is -0.144. The third kappa shape index (κ3) is 10.8. The topological polar surface area (TPSA) is 251 Å². The number of phenols is 1. The Morgan fingerprint density at radius 3 is 1.97 bits per heavy atom. The molecule has 0 saturated carbocycles. The van der Waals surface area contributed by atoms with E-state index >= 15 is 0 Å². The number of nitrogens with two attached hydrogens (primary N) is 2. The summed E-state index contributed by atoms with van der Waals surface area (Å²) in [6, 6.07) is 0.577. The van der Waals surface area contributed by atoms with Gasteiger partial charge in [-0.05, 0) is 36.5 Å². The zero-order valence-corrected chi connectivity index (χ0v) is 21.2. The van der Waals surface area contributed by atoms with E-state index in [4.69, 9.17) is 11.5 Å². The first-order valence-electron chi connectivity index (χ1n) is 11.9. The van der Waals surface area contributed by atoms with Crippen LogP contribution in [0, 0.1) is 5.92 Å². The number of benzene rings is 1. The molecule has 4 amide bonds. The van der Waals surface area contributed by atoms with Gasteiger partial charge in [-0.2, -0.15) is 0 Å². The van der Waals surface area contributed by atoms with E-state index in [1.54, 1.807) is 26.0 Å². The molecule has 5 atom stereocenters. The van der Waals surface area contributed by atoms with Crippen LogP contribution in [0.5, 0.6) is 5.75 Å². The van der Waals surface area contributed by atoms with Crippen molar-refractivity contribution >= 4 is 35.6 Å². The molecular formula is C24H35N5O9. The molecule has 10 N–H and O–H groups in total. The van der Waals surface area contributed by atoms with Gasteiger partial charge in [0.15, 0.2) is 0 Å². The van der Waals surface area contributed by atoms with Gasteiger partial charge in [0, 0.05) is 6.42 Å². The molecule has 210 valence electrons. The summed E-state index contributed by atoms with van der Waals surface area (Å²) in [5.74, 6) is -6.77. The van der Waals surface area contributed by atoms with Crippen LogP contribution in [0.1, 0.15) is 45.1 Å². The predicted molar refractivity (Wildman–Crippen MR) is 133 cm³/mol.